The van der Waals surface area contributed by atoms with Gasteiger partial charge in [0.15, 0.2) is 0 Å². The molecule has 0 saturated carbocycles. The first-order valence-electron chi connectivity index (χ1n) is 13.4. The van der Waals surface area contributed by atoms with Crippen LogP contribution in [0.2, 0.25) is 19.6 Å². The predicted molar refractivity (Wildman–Crippen MR) is 167 cm³/mol. The van der Waals surface area contributed by atoms with E-state index in [4.69, 9.17) is 1.37 Å². The molecule has 0 amide bonds. The van der Waals surface area contributed by atoms with E-state index < -0.39 is 14.0 Å². The maximum atomic E-state index is 13.5. The molecule has 205 valence electrons. The molecule has 3 heterocycles. The number of aromatic nitrogens is 2. The van der Waals surface area contributed by atoms with Crippen molar-refractivity contribution in [3.8, 4) is 22.5 Å². The van der Waals surface area contributed by atoms with Crippen LogP contribution in [-0.2, 0) is 20.1 Å². The number of hydrogen-bond acceptors (Lipinski definition) is 3. The van der Waals surface area contributed by atoms with Crippen molar-refractivity contribution in [2.45, 2.75) is 39.4 Å². The molecule has 6 heteroatoms. The fraction of sp³-hybridized carbons (Fsp3) is 0.176. The molecule has 0 unspecified atom stereocenters. The minimum absolute atomic E-state index is 0. The molecule has 0 bridgehead atoms. The van der Waals surface area contributed by atoms with Crippen molar-refractivity contribution in [3.63, 3.8) is 0 Å². The van der Waals surface area contributed by atoms with Crippen molar-refractivity contribution >= 4 is 44.8 Å². The predicted octanol–water partition coefficient (Wildman–Crippen LogP) is 9.27. The second-order valence-electron chi connectivity index (χ2n) is 10.7. The largest absolute Gasteiger partial charge is 0.305 e. The molecule has 0 aliphatic carbocycles. The Morgan fingerprint density at radius 2 is 1.70 bits per heavy atom. The third-order valence-corrected chi connectivity index (χ3v) is 9.82. The Morgan fingerprint density at radius 3 is 2.38 bits per heavy atom. The standard InChI is InChI=1S/C20H15FNS.C14H16NSi.Ir/c1-12(2)13-8-9-22-18(10-13)17-5-3-4-16-15-7-6-14(21)11-19(15)23-20(16)17;1-16(2,3)13-9-10-14(15-11-13)12-7-5-4-6-8-12;/h3-4,6-12H,1-2H3;4-7,9-11H,1-3H3;/q2*-1;/i12D;;. The third-order valence-electron chi connectivity index (χ3n) is 6.60. The van der Waals surface area contributed by atoms with Gasteiger partial charge in [-0.15, -0.1) is 59.7 Å². The maximum Gasteiger partial charge on any atom is 0.124 e. The smallest absolute Gasteiger partial charge is 0.124 e. The molecular formula is C34H31FIrN2SSi-2. The van der Waals surface area contributed by atoms with Crippen LogP contribution in [0, 0.1) is 17.9 Å². The SMILES string of the molecule is C[Si](C)(C)c1ccc(-c2[c-]cccc2)nc1.[2H]C(C)(C)c1ccnc(-c2[c-]ccc3c2sc2cc(F)ccc23)c1.[Ir]. The summed E-state index contributed by atoms with van der Waals surface area (Å²) >= 11 is 1.55. The summed E-state index contributed by atoms with van der Waals surface area (Å²) in [5.41, 5.74) is 4.67. The Hall–Kier alpha value is -3.02. The van der Waals surface area contributed by atoms with Crippen molar-refractivity contribution in [2.75, 3.05) is 0 Å². The molecule has 0 saturated heterocycles. The Morgan fingerprint density at radius 1 is 0.875 bits per heavy atom. The summed E-state index contributed by atoms with van der Waals surface area (Å²) in [6.45, 7) is 10.7. The molecule has 0 aliphatic heterocycles. The third kappa shape index (κ3) is 6.64. The van der Waals surface area contributed by atoms with E-state index in [1.807, 2.05) is 74.6 Å². The number of halogens is 1. The second-order valence-corrected chi connectivity index (χ2v) is 16.9. The van der Waals surface area contributed by atoms with Crippen LogP contribution in [0.5, 0.6) is 0 Å². The van der Waals surface area contributed by atoms with E-state index >= 15 is 0 Å². The fourth-order valence-electron chi connectivity index (χ4n) is 4.33. The van der Waals surface area contributed by atoms with Crippen LogP contribution < -0.4 is 5.19 Å². The van der Waals surface area contributed by atoms with E-state index in [0.29, 0.717) is 0 Å². The molecule has 0 spiro atoms. The van der Waals surface area contributed by atoms with E-state index in [1.165, 1.54) is 11.3 Å². The molecule has 1 radical (unpaired) electrons. The monoisotopic (exact) mass is 740 g/mol. The average Bonchev–Trinajstić information content (AvgIpc) is 3.31. The van der Waals surface area contributed by atoms with Gasteiger partial charge in [0.1, 0.15) is 5.82 Å². The number of pyridine rings is 2. The van der Waals surface area contributed by atoms with Gasteiger partial charge in [0, 0.05) is 38.6 Å². The van der Waals surface area contributed by atoms with E-state index in [-0.39, 0.29) is 25.9 Å². The zero-order chi connectivity index (χ0) is 28.5. The summed E-state index contributed by atoms with van der Waals surface area (Å²) in [7, 11) is -1.23. The van der Waals surface area contributed by atoms with Crippen molar-refractivity contribution in [1.29, 1.82) is 0 Å². The van der Waals surface area contributed by atoms with Crippen LogP contribution in [0.15, 0.2) is 91.3 Å². The van der Waals surface area contributed by atoms with E-state index in [9.17, 15) is 4.39 Å². The Balaban J connectivity index is 0.000000200. The first kappa shape index (κ1) is 28.5. The van der Waals surface area contributed by atoms with Crippen LogP contribution in [0.25, 0.3) is 42.7 Å². The molecule has 6 aromatic rings. The summed E-state index contributed by atoms with van der Waals surface area (Å²) in [6.07, 6.45) is 3.75. The van der Waals surface area contributed by atoms with E-state index in [0.717, 1.165) is 48.3 Å². The van der Waals surface area contributed by atoms with Crippen LogP contribution >= 0.6 is 11.3 Å². The van der Waals surface area contributed by atoms with Gasteiger partial charge in [-0.2, -0.15) is 11.3 Å². The Bertz CT molecular complexity index is 1780. The maximum absolute atomic E-state index is 13.5. The quantitative estimate of drug-likeness (QED) is 0.133. The molecule has 0 atom stereocenters. The van der Waals surface area contributed by atoms with Gasteiger partial charge in [0.25, 0.3) is 0 Å². The Kier molecular flexibility index (Phi) is 9.02. The summed E-state index contributed by atoms with van der Waals surface area (Å²) < 4.78 is 23.7. The van der Waals surface area contributed by atoms with E-state index in [2.05, 4.69) is 53.9 Å². The molecule has 3 aromatic heterocycles. The molecule has 6 rings (SSSR count). The van der Waals surface area contributed by atoms with Gasteiger partial charge in [-0.1, -0.05) is 68.7 Å². The molecule has 0 fully saturated rings. The van der Waals surface area contributed by atoms with Gasteiger partial charge >= 0.3 is 0 Å². The number of thiophene rings is 1. The molecule has 0 aliphatic rings. The normalized spacial score (nSPS) is 11.9. The molecule has 0 N–H and O–H groups in total. The van der Waals surface area contributed by atoms with Gasteiger partial charge in [0.2, 0.25) is 0 Å². The number of fused-ring (bicyclic) bond motifs is 3. The van der Waals surface area contributed by atoms with Crippen molar-refractivity contribution in [1.82, 2.24) is 9.97 Å². The van der Waals surface area contributed by atoms with Crippen molar-refractivity contribution in [3.05, 3.63) is 115 Å². The van der Waals surface area contributed by atoms with Gasteiger partial charge < -0.3 is 9.97 Å². The fourth-order valence-corrected chi connectivity index (χ4v) is 6.60. The van der Waals surface area contributed by atoms with E-state index in [1.54, 1.807) is 23.6 Å². The topological polar surface area (TPSA) is 25.8 Å². The average molecular weight is 740 g/mol. The Labute approximate surface area is 256 Å². The van der Waals surface area contributed by atoms with Crippen molar-refractivity contribution in [2.24, 2.45) is 0 Å². The summed E-state index contributed by atoms with van der Waals surface area (Å²) in [5.74, 6) is -0.912. The first-order chi connectivity index (χ1) is 19.0. The summed E-state index contributed by atoms with van der Waals surface area (Å²) in [6, 6.07) is 31.3. The second kappa shape index (κ2) is 12.7. The minimum atomic E-state index is -1.23. The molecule has 3 aromatic carbocycles. The van der Waals surface area contributed by atoms with Crippen LogP contribution in [-0.4, -0.2) is 18.0 Å². The van der Waals surface area contributed by atoms with Crippen LogP contribution in [0.3, 0.4) is 0 Å². The van der Waals surface area contributed by atoms with Gasteiger partial charge in [-0.25, -0.2) is 4.39 Å². The first-order valence-corrected chi connectivity index (χ1v) is 17.3. The van der Waals surface area contributed by atoms with Crippen LogP contribution in [0.1, 0.15) is 26.7 Å². The van der Waals surface area contributed by atoms with Crippen LogP contribution in [0.4, 0.5) is 4.39 Å². The zero-order valence-corrected chi connectivity index (χ0v) is 27.4. The molecule has 2 nitrogen and oxygen atoms in total. The zero-order valence-electron chi connectivity index (χ0n) is 24.2. The van der Waals surface area contributed by atoms with Gasteiger partial charge in [0.05, 0.1) is 8.07 Å². The number of benzene rings is 3. The number of rotatable bonds is 4. The molecule has 40 heavy (non-hydrogen) atoms. The van der Waals surface area contributed by atoms with Gasteiger partial charge in [-0.05, 0) is 50.8 Å². The molecular weight excluding hydrogens is 708 g/mol. The minimum Gasteiger partial charge on any atom is -0.305 e. The summed E-state index contributed by atoms with van der Waals surface area (Å²) in [4.78, 5) is 9.00. The summed E-state index contributed by atoms with van der Waals surface area (Å²) in [5, 5.41) is 3.52. The number of nitrogens with zero attached hydrogens (tertiary/aromatic N) is 2. The van der Waals surface area contributed by atoms with Gasteiger partial charge in [-0.3, -0.25) is 0 Å². The van der Waals surface area contributed by atoms with Crippen molar-refractivity contribution < 1.29 is 25.9 Å². The number of hydrogen-bond donors (Lipinski definition) is 0.